The predicted octanol–water partition coefficient (Wildman–Crippen LogP) is 1.92. The van der Waals surface area contributed by atoms with Crippen LogP contribution in [-0.2, 0) is 14.8 Å². The highest BCUT2D eigenvalue weighted by Crippen LogP contribution is 2.26. The van der Waals surface area contributed by atoms with Crippen molar-refractivity contribution in [2.75, 3.05) is 13.1 Å². The van der Waals surface area contributed by atoms with E-state index in [1.807, 2.05) is 0 Å². The van der Waals surface area contributed by atoms with Gasteiger partial charge < -0.3 is 9.52 Å². The van der Waals surface area contributed by atoms with Gasteiger partial charge >= 0.3 is 5.97 Å². The van der Waals surface area contributed by atoms with Crippen LogP contribution in [0.2, 0.25) is 0 Å². The lowest BCUT2D eigenvalue weighted by Crippen LogP contribution is -2.36. The average Bonchev–Trinajstić information content (AvgIpc) is 2.85. The third-order valence-electron chi connectivity index (χ3n) is 2.85. The molecule has 0 spiro atoms. The highest BCUT2D eigenvalue weighted by molar-refractivity contribution is 7.89. The van der Waals surface area contributed by atoms with Gasteiger partial charge in [-0.15, -0.1) is 0 Å². The minimum absolute atomic E-state index is 0.00491. The normalized spacial score (nSPS) is 12.1. The molecule has 7 heteroatoms. The molecule has 1 N–H and O–H groups in total. The Labute approximate surface area is 116 Å². The number of aliphatic carboxylic acids is 1. The summed E-state index contributed by atoms with van der Waals surface area (Å²) in [6.07, 6.45) is 1.94. The van der Waals surface area contributed by atoms with Crippen molar-refractivity contribution in [3.05, 3.63) is 30.5 Å². The molecule has 2 aromatic rings. The minimum Gasteiger partial charge on any atom is -0.480 e. The molecule has 0 saturated heterocycles. The molecule has 0 bridgehead atoms. The summed E-state index contributed by atoms with van der Waals surface area (Å²) in [5.74, 6) is -1.19. The molecule has 2 rings (SSSR count). The Balaban J connectivity index is 2.51. The van der Waals surface area contributed by atoms with Gasteiger partial charge in [-0.1, -0.05) is 19.1 Å². The molecular weight excluding hydrogens is 282 g/mol. The van der Waals surface area contributed by atoms with Crippen LogP contribution in [0.3, 0.4) is 0 Å². The molecule has 0 fully saturated rings. The maximum absolute atomic E-state index is 12.6. The topological polar surface area (TPSA) is 87.8 Å². The molecular formula is C13H15NO5S. The lowest BCUT2D eigenvalue weighted by molar-refractivity contribution is -0.137. The van der Waals surface area contributed by atoms with Crippen LogP contribution in [-0.4, -0.2) is 36.9 Å². The lowest BCUT2D eigenvalue weighted by Gasteiger charge is -2.19. The van der Waals surface area contributed by atoms with Crippen molar-refractivity contribution >= 4 is 27.0 Å². The van der Waals surface area contributed by atoms with Crippen molar-refractivity contribution in [2.45, 2.75) is 18.2 Å². The zero-order chi connectivity index (χ0) is 14.8. The predicted molar refractivity (Wildman–Crippen MR) is 72.9 cm³/mol. The third-order valence-corrected chi connectivity index (χ3v) is 4.71. The standard InChI is InChI=1S/C13H15NO5S/c1-2-7-14(9-12(15)16)20(17,18)11-5-3-4-10-6-8-19-13(10)11/h3-6,8H,2,7,9H2,1H3,(H,15,16). The SMILES string of the molecule is CCCN(CC(=O)O)S(=O)(=O)c1cccc2ccoc12. The monoisotopic (exact) mass is 297 g/mol. The number of fused-ring (bicyclic) bond motifs is 1. The first-order valence-electron chi connectivity index (χ1n) is 6.15. The van der Waals surface area contributed by atoms with Crippen LogP contribution in [0.1, 0.15) is 13.3 Å². The Kier molecular flexibility index (Phi) is 4.10. The number of hydrogen-bond donors (Lipinski definition) is 1. The van der Waals surface area contributed by atoms with E-state index >= 15 is 0 Å². The van der Waals surface area contributed by atoms with Gasteiger partial charge in [-0.25, -0.2) is 8.42 Å². The number of nitrogens with zero attached hydrogens (tertiary/aromatic N) is 1. The van der Waals surface area contributed by atoms with Gasteiger partial charge in [0, 0.05) is 11.9 Å². The fourth-order valence-electron chi connectivity index (χ4n) is 1.99. The number of benzene rings is 1. The van der Waals surface area contributed by atoms with Gasteiger partial charge in [0.2, 0.25) is 10.0 Å². The second-order valence-electron chi connectivity index (χ2n) is 4.33. The molecule has 0 atom stereocenters. The van der Waals surface area contributed by atoms with Gasteiger partial charge in [0.15, 0.2) is 5.58 Å². The molecule has 0 amide bonds. The van der Waals surface area contributed by atoms with Gasteiger partial charge in [-0.05, 0) is 18.6 Å². The Morgan fingerprint density at radius 3 is 2.75 bits per heavy atom. The first kappa shape index (κ1) is 14.5. The van der Waals surface area contributed by atoms with E-state index in [9.17, 15) is 13.2 Å². The zero-order valence-corrected chi connectivity index (χ0v) is 11.8. The molecule has 0 saturated carbocycles. The fraction of sp³-hybridized carbons (Fsp3) is 0.308. The van der Waals surface area contributed by atoms with Gasteiger partial charge in [0.25, 0.3) is 0 Å². The van der Waals surface area contributed by atoms with Crippen LogP contribution in [0.5, 0.6) is 0 Å². The Morgan fingerprint density at radius 2 is 2.10 bits per heavy atom. The molecule has 0 aliphatic rings. The molecule has 0 radical (unpaired) electrons. The van der Waals surface area contributed by atoms with E-state index in [1.54, 1.807) is 25.1 Å². The van der Waals surface area contributed by atoms with Crippen molar-refractivity contribution < 1.29 is 22.7 Å². The summed E-state index contributed by atoms with van der Waals surface area (Å²) in [6, 6.07) is 6.43. The summed E-state index contributed by atoms with van der Waals surface area (Å²) in [5, 5.41) is 9.53. The van der Waals surface area contributed by atoms with Crippen molar-refractivity contribution in [1.82, 2.24) is 4.31 Å². The van der Waals surface area contributed by atoms with Gasteiger partial charge in [0.1, 0.15) is 11.4 Å². The summed E-state index contributed by atoms with van der Waals surface area (Å²) in [5.41, 5.74) is 0.249. The molecule has 6 nitrogen and oxygen atoms in total. The Hall–Kier alpha value is -1.86. The smallest absolute Gasteiger partial charge is 0.318 e. The summed E-state index contributed by atoms with van der Waals surface area (Å²) < 4.78 is 31.3. The van der Waals surface area contributed by atoms with E-state index in [0.717, 1.165) is 4.31 Å². The van der Waals surface area contributed by atoms with E-state index in [4.69, 9.17) is 9.52 Å². The van der Waals surface area contributed by atoms with Crippen LogP contribution < -0.4 is 0 Å². The number of furan rings is 1. The van der Waals surface area contributed by atoms with Crippen LogP contribution in [0.25, 0.3) is 11.0 Å². The Bertz CT molecular complexity index is 719. The van der Waals surface area contributed by atoms with Gasteiger partial charge in [-0.2, -0.15) is 4.31 Å². The number of para-hydroxylation sites is 1. The third kappa shape index (κ3) is 2.68. The molecule has 108 valence electrons. The van der Waals surface area contributed by atoms with Gasteiger partial charge in [-0.3, -0.25) is 4.79 Å². The second-order valence-corrected chi connectivity index (χ2v) is 6.23. The number of carboxylic acid groups (broad SMARTS) is 1. The number of carbonyl (C=O) groups is 1. The molecule has 1 aromatic carbocycles. The highest BCUT2D eigenvalue weighted by Gasteiger charge is 2.28. The quantitative estimate of drug-likeness (QED) is 0.880. The molecule has 1 heterocycles. The fourth-order valence-corrected chi connectivity index (χ4v) is 3.62. The van der Waals surface area contributed by atoms with E-state index in [2.05, 4.69) is 0 Å². The van der Waals surface area contributed by atoms with E-state index in [-0.39, 0.29) is 17.0 Å². The maximum Gasteiger partial charge on any atom is 0.318 e. The maximum atomic E-state index is 12.6. The summed E-state index contributed by atoms with van der Waals surface area (Å²) in [4.78, 5) is 10.8. The first-order chi connectivity index (χ1) is 9.46. The molecule has 0 unspecified atom stereocenters. The van der Waals surface area contributed by atoms with Crippen LogP contribution in [0, 0.1) is 0 Å². The van der Waals surface area contributed by atoms with Crippen molar-refractivity contribution in [3.63, 3.8) is 0 Å². The van der Waals surface area contributed by atoms with Gasteiger partial charge in [0.05, 0.1) is 6.26 Å². The van der Waals surface area contributed by atoms with E-state index < -0.39 is 22.5 Å². The molecule has 0 aliphatic carbocycles. The van der Waals surface area contributed by atoms with Crippen molar-refractivity contribution in [2.24, 2.45) is 0 Å². The number of rotatable bonds is 6. The molecule has 1 aromatic heterocycles. The largest absolute Gasteiger partial charge is 0.480 e. The minimum atomic E-state index is -3.90. The molecule has 0 aliphatic heterocycles. The lowest BCUT2D eigenvalue weighted by atomic mass is 10.3. The molecule has 20 heavy (non-hydrogen) atoms. The summed E-state index contributed by atoms with van der Waals surface area (Å²) in [6.45, 7) is 1.37. The zero-order valence-electron chi connectivity index (χ0n) is 10.9. The second kappa shape index (κ2) is 5.64. The summed E-state index contributed by atoms with van der Waals surface area (Å²) >= 11 is 0. The first-order valence-corrected chi connectivity index (χ1v) is 7.59. The highest BCUT2D eigenvalue weighted by atomic mass is 32.2. The average molecular weight is 297 g/mol. The Morgan fingerprint density at radius 1 is 1.35 bits per heavy atom. The van der Waals surface area contributed by atoms with Crippen molar-refractivity contribution in [3.8, 4) is 0 Å². The summed E-state index contributed by atoms with van der Waals surface area (Å²) in [7, 11) is -3.90. The van der Waals surface area contributed by atoms with Crippen LogP contribution in [0.15, 0.2) is 39.8 Å². The van der Waals surface area contributed by atoms with Crippen molar-refractivity contribution in [1.29, 1.82) is 0 Å². The van der Waals surface area contributed by atoms with E-state index in [0.29, 0.717) is 11.8 Å². The van der Waals surface area contributed by atoms with Crippen LogP contribution >= 0.6 is 0 Å². The number of hydrogen-bond acceptors (Lipinski definition) is 4. The van der Waals surface area contributed by atoms with Crippen LogP contribution in [0.4, 0.5) is 0 Å². The number of carboxylic acids is 1. The van der Waals surface area contributed by atoms with E-state index in [1.165, 1.54) is 12.3 Å². The number of sulfonamides is 1.